The Labute approximate surface area is 68.2 Å². The van der Waals surface area contributed by atoms with E-state index in [0.29, 0.717) is 5.69 Å². The van der Waals surface area contributed by atoms with E-state index in [0.717, 1.165) is 6.07 Å². The van der Waals surface area contributed by atoms with Gasteiger partial charge in [0.15, 0.2) is 0 Å². The van der Waals surface area contributed by atoms with Crippen LogP contribution in [-0.2, 0) is 12.6 Å². The zero-order valence-corrected chi connectivity index (χ0v) is 6.23. The lowest BCUT2D eigenvalue weighted by Gasteiger charge is -2.05. The molecule has 0 unspecified atom stereocenters. The molecule has 1 nitrogen and oxygen atoms in total. The molecule has 1 rings (SSSR count). The fraction of sp³-hybridized carbons (Fsp3) is 0.250. The van der Waals surface area contributed by atoms with E-state index >= 15 is 0 Å². The van der Waals surface area contributed by atoms with Gasteiger partial charge in [0.05, 0.1) is 0 Å². The van der Waals surface area contributed by atoms with Crippen LogP contribution in [0, 0.1) is 6.92 Å². The summed E-state index contributed by atoms with van der Waals surface area (Å²) in [7, 11) is 0. The van der Waals surface area contributed by atoms with E-state index < -0.39 is 11.9 Å². The van der Waals surface area contributed by atoms with Gasteiger partial charge in [0.2, 0.25) is 0 Å². The second-order valence-electron chi connectivity index (χ2n) is 2.26. The van der Waals surface area contributed by atoms with Gasteiger partial charge >= 0.3 is 6.18 Å². The van der Waals surface area contributed by atoms with E-state index in [1.165, 1.54) is 12.1 Å². The van der Waals surface area contributed by atoms with Crippen LogP contribution in [0.15, 0.2) is 18.2 Å². The zero-order chi connectivity index (χ0) is 9.19. The molecule has 65 valence electrons. The molecular formula is C8H7F3N. The van der Waals surface area contributed by atoms with Gasteiger partial charge in [0.25, 0.3) is 0 Å². The second-order valence-corrected chi connectivity index (χ2v) is 2.26. The Morgan fingerprint density at radius 2 is 2.00 bits per heavy atom. The van der Waals surface area contributed by atoms with Crippen molar-refractivity contribution in [1.29, 1.82) is 0 Å². The summed E-state index contributed by atoms with van der Waals surface area (Å²) in [5, 5.41) is 0. The Balaban J connectivity index is 3.02. The van der Waals surface area contributed by atoms with Crippen LogP contribution in [0.1, 0.15) is 11.4 Å². The van der Waals surface area contributed by atoms with E-state index in [4.69, 9.17) is 0 Å². The van der Waals surface area contributed by atoms with Crippen molar-refractivity contribution in [3.05, 3.63) is 36.5 Å². The quantitative estimate of drug-likeness (QED) is 0.637. The van der Waals surface area contributed by atoms with Crippen molar-refractivity contribution in [2.24, 2.45) is 0 Å². The van der Waals surface area contributed by atoms with Crippen molar-refractivity contribution in [3.8, 4) is 0 Å². The third kappa shape index (κ3) is 1.96. The lowest BCUT2D eigenvalue weighted by molar-refractivity contribution is -0.141. The van der Waals surface area contributed by atoms with Gasteiger partial charge in [0, 0.05) is 5.69 Å². The molecule has 0 amide bonds. The number of nitrogens with zero attached hydrogens (tertiary/aromatic N) is 1. The average molecular weight is 174 g/mol. The zero-order valence-electron chi connectivity index (χ0n) is 6.23. The highest BCUT2D eigenvalue weighted by Crippen LogP contribution is 2.27. The van der Waals surface area contributed by atoms with Crippen molar-refractivity contribution in [1.82, 2.24) is 4.98 Å². The molecule has 0 atom stereocenters. The van der Waals surface area contributed by atoms with Gasteiger partial charge in [-0.15, -0.1) is 0 Å². The molecule has 4 heteroatoms. The van der Waals surface area contributed by atoms with E-state index in [9.17, 15) is 13.2 Å². The first kappa shape index (κ1) is 9.03. The maximum Gasteiger partial charge on any atom is 0.433 e. The van der Waals surface area contributed by atoms with E-state index in [1.54, 1.807) is 0 Å². The normalized spacial score (nSPS) is 11.7. The molecule has 1 aromatic heterocycles. The molecule has 0 spiro atoms. The van der Waals surface area contributed by atoms with Gasteiger partial charge in [-0.1, -0.05) is 6.07 Å². The summed E-state index contributed by atoms with van der Waals surface area (Å²) in [6.07, 6.45) is -4.09. The van der Waals surface area contributed by atoms with Gasteiger partial charge in [-0.05, 0) is 25.5 Å². The molecule has 1 heterocycles. The van der Waals surface area contributed by atoms with Crippen molar-refractivity contribution in [2.45, 2.75) is 12.6 Å². The van der Waals surface area contributed by atoms with Crippen LogP contribution in [0.3, 0.4) is 0 Å². The molecule has 0 aromatic carbocycles. The molecule has 0 bridgehead atoms. The topological polar surface area (TPSA) is 12.9 Å². The van der Waals surface area contributed by atoms with Crippen LogP contribution in [0.4, 0.5) is 13.2 Å². The maximum absolute atomic E-state index is 12.0. The number of hydrogen-bond donors (Lipinski definition) is 0. The van der Waals surface area contributed by atoms with Gasteiger partial charge in [-0.25, -0.2) is 4.98 Å². The van der Waals surface area contributed by atoms with Gasteiger partial charge in [-0.2, -0.15) is 13.2 Å². The summed E-state index contributed by atoms with van der Waals surface area (Å²) in [6.45, 7) is 3.45. The molecule has 1 radical (unpaired) electrons. The summed E-state index contributed by atoms with van der Waals surface area (Å²) in [6, 6.07) is 3.79. The first-order valence-corrected chi connectivity index (χ1v) is 3.36. The van der Waals surface area contributed by atoms with Gasteiger partial charge < -0.3 is 0 Å². The van der Waals surface area contributed by atoms with E-state index in [2.05, 4.69) is 11.9 Å². The highest BCUT2D eigenvalue weighted by molar-refractivity contribution is 5.13. The van der Waals surface area contributed by atoms with Crippen molar-refractivity contribution in [3.63, 3.8) is 0 Å². The fourth-order valence-corrected chi connectivity index (χ4v) is 0.777. The van der Waals surface area contributed by atoms with Gasteiger partial charge in [-0.3, -0.25) is 0 Å². The van der Waals surface area contributed by atoms with Crippen LogP contribution in [0.25, 0.3) is 0 Å². The third-order valence-electron chi connectivity index (χ3n) is 1.35. The number of rotatable bonds is 1. The van der Waals surface area contributed by atoms with Crippen molar-refractivity contribution in [2.75, 3.05) is 0 Å². The highest BCUT2D eigenvalue weighted by Gasteiger charge is 2.32. The molecule has 0 aliphatic carbocycles. The molecule has 12 heavy (non-hydrogen) atoms. The number of alkyl halides is 3. The van der Waals surface area contributed by atoms with E-state index in [1.807, 2.05) is 0 Å². The largest absolute Gasteiger partial charge is 0.433 e. The van der Waals surface area contributed by atoms with Crippen molar-refractivity contribution >= 4 is 0 Å². The fourth-order valence-electron chi connectivity index (χ4n) is 0.777. The van der Waals surface area contributed by atoms with Crippen molar-refractivity contribution < 1.29 is 13.2 Å². The molecule has 0 aliphatic rings. The van der Waals surface area contributed by atoms with Gasteiger partial charge in [0.1, 0.15) is 5.69 Å². The Morgan fingerprint density at radius 1 is 1.33 bits per heavy atom. The lowest BCUT2D eigenvalue weighted by Crippen LogP contribution is -2.08. The minimum Gasteiger partial charge on any atom is -0.248 e. The molecule has 0 aliphatic heterocycles. The first-order valence-electron chi connectivity index (χ1n) is 3.36. The van der Waals surface area contributed by atoms with Crippen LogP contribution < -0.4 is 0 Å². The van der Waals surface area contributed by atoms with Crippen LogP contribution >= 0.6 is 0 Å². The standard InChI is InChI=1S/C8H7F3N/c1-2-6-4-3-5-7(12-6)8(9,10)11/h3-5H,1-2H2. The number of aromatic nitrogens is 1. The average Bonchev–Trinajstić information content (AvgIpc) is 2.03. The minimum absolute atomic E-state index is 0.268. The predicted octanol–water partition coefficient (Wildman–Crippen LogP) is 2.48. The first-order chi connectivity index (χ1) is 5.54. The predicted molar refractivity (Wildman–Crippen MR) is 38.3 cm³/mol. The monoisotopic (exact) mass is 174 g/mol. The lowest BCUT2D eigenvalue weighted by atomic mass is 10.2. The van der Waals surface area contributed by atoms with E-state index in [-0.39, 0.29) is 6.42 Å². The molecule has 0 saturated carbocycles. The summed E-state index contributed by atoms with van der Waals surface area (Å²) in [4.78, 5) is 3.38. The number of hydrogen-bond acceptors (Lipinski definition) is 1. The molecule has 1 aromatic rings. The smallest absolute Gasteiger partial charge is 0.248 e. The molecular weight excluding hydrogens is 167 g/mol. The summed E-state index contributed by atoms with van der Waals surface area (Å²) >= 11 is 0. The number of halogens is 3. The summed E-state index contributed by atoms with van der Waals surface area (Å²) < 4.78 is 36.1. The summed E-state index contributed by atoms with van der Waals surface area (Å²) in [5.41, 5.74) is -0.506. The SMILES string of the molecule is [CH2]Cc1cccc(C(F)(F)F)n1. The second kappa shape index (κ2) is 3.13. The summed E-state index contributed by atoms with van der Waals surface area (Å²) in [5.74, 6) is 0. The molecule has 0 N–H and O–H groups in total. The van der Waals surface area contributed by atoms with Crippen LogP contribution in [-0.4, -0.2) is 4.98 Å². The molecule has 0 fully saturated rings. The maximum atomic E-state index is 12.0. The highest BCUT2D eigenvalue weighted by atomic mass is 19.4. The third-order valence-corrected chi connectivity index (χ3v) is 1.35. The Hall–Kier alpha value is -1.06. The Bertz CT molecular complexity index is 267. The van der Waals surface area contributed by atoms with Crippen LogP contribution in [0.2, 0.25) is 0 Å². The van der Waals surface area contributed by atoms with Crippen LogP contribution in [0.5, 0.6) is 0 Å². The Morgan fingerprint density at radius 3 is 2.50 bits per heavy atom. The Kier molecular flexibility index (Phi) is 2.35. The number of pyridine rings is 1. The minimum atomic E-state index is -4.36. The molecule has 0 saturated heterocycles.